The van der Waals surface area contributed by atoms with Crippen molar-refractivity contribution in [1.29, 1.82) is 0 Å². The van der Waals surface area contributed by atoms with Crippen molar-refractivity contribution in [2.45, 2.75) is 78.1 Å². The van der Waals surface area contributed by atoms with E-state index < -0.39 is 16.1 Å². The largest absolute Gasteiger partial charge is 0.481 e. The summed E-state index contributed by atoms with van der Waals surface area (Å²) in [6.45, 7) is 19.3. The molecular weight excluding hydrogens is 304 g/mol. The first-order chi connectivity index (χ1) is 9.93. The third-order valence-corrected chi connectivity index (χ3v) is 6.32. The van der Waals surface area contributed by atoms with Crippen LogP contribution < -0.4 is 0 Å². The van der Waals surface area contributed by atoms with Gasteiger partial charge in [0.05, 0.1) is 6.61 Å². The molecule has 22 heavy (non-hydrogen) atoms. The molecule has 130 valence electrons. The number of hydrogen-bond donors (Lipinski definition) is 1. The van der Waals surface area contributed by atoms with Gasteiger partial charge in [-0.2, -0.15) is 0 Å². The zero-order chi connectivity index (χ0) is 17.4. The number of aliphatic hydroxyl groups is 1. The van der Waals surface area contributed by atoms with Gasteiger partial charge in [-0.15, -0.1) is 0 Å². The summed E-state index contributed by atoms with van der Waals surface area (Å²) in [5.41, 5.74) is 1.68. The average molecular weight is 343 g/mol. The lowest BCUT2D eigenvalue weighted by molar-refractivity contribution is 0.0992. The maximum Gasteiger partial charge on any atom is 0.272 e. The van der Waals surface area contributed by atoms with Crippen LogP contribution in [0.2, 0.25) is 51.4 Å². The van der Waals surface area contributed by atoms with Gasteiger partial charge in [-0.3, -0.25) is 0 Å². The van der Waals surface area contributed by atoms with E-state index in [0.717, 1.165) is 12.8 Å². The molecule has 0 amide bonds. The lowest BCUT2D eigenvalue weighted by Gasteiger charge is -2.24. The number of ether oxygens (including phenoxy) is 1. The minimum atomic E-state index is -1.05. The highest BCUT2D eigenvalue weighted by Gasteiger charge is 2.21. The summed E-state index contributed by atoms with van der Waals surface area (Å²) in [5, 5.41) is 9.57. The Bertz CT molecular complexity index is 356. The molecule has 2 nitrogen and oxygen atoms in total. The summed E-state index contributed by atoms with van der Waals surface area (Å²) < 4.78 is 5.08. The molecule has 0 aromatic carbocycles. The van der Waals surface area contributed by atoms with Gasteiger partial charge >= 0.3 is 0 Å². The third kappa shape index (κ3) is 13.2. The normalized spacial score (nSPS) is 14.6. The van der Waals surface area contributed by atoms with Crippen LogP contribution in [0.3, 0.4) is 0 Å². The first kappa shape index (κ1) is 21.5. The molecule has 0 aromatic heterocycles. The lowest BCUT2D eigenvalue weighted by Crippen LogP contribution is -2.25. The Balaban J connectivity index is 4.62. The molecular formula is C18H38O2Si2. The highest BCUT2D eigenvalue weighted by molar-refractivity contribution is 6.78. The molecule has 0 bridgehead atoms. The van der Waals surface area contributed by atoms with Crippen molar-refractivity contribution in [1.82, 2.24) is 0 Å². The molecule has 0 aliphatic heterocycles. The highest BCUT2D eigenvalue weighted by Crippen LogP contribution is 2.26. The second-order valence-electron chi connectivity index (χ2n) is 8.83. The van der Waals surface area contributed by atoms with Crippen molar-refractivity contribution in [2.75, 3.05) is 6.61 Å². The third-order valence-electron chi connectivity index (χ3n) is 3.29. The molecule has 0 saturated heterocycles. The van der Waals surface area contributed by atoms with Crippen LogP contribution >= 0.6 is 0 Å². The van der Waals surface area contributed by atoms with E-state index in [1.54, 1.807) is 5.57 Å². The van der Waals surface area contributed by atoms with Gasteiger partial charge in [0.25, 0.3) is 5.95 Å². The predicted octanol–water partition coefficient (Wildman–Crippen LogP) is 6.44. The van der Waals surface area contributed by atoms with Crippen LogP contribution in [0, 0.1) is 5.92 Å². The van der Waals surface area contributed by atoms with Gasteiger partial charge in [0, 0.05) is 16.1 Å². The van der Waals surface area contributed by atoms with Crippen LogP contribution in [0.1, 0.15) is 26.7 Å². The average Bonchev–Trinajstić information content (AvgIpc) is 2.23. The molecule has 0 heterocycles. The standard InChI is InChI=1S/C18H38O2Si2/c1-9-20-18(19)13-16(2)11-10-12-17(14-21(3,4)5)15-22(6,7)8/h12-13,16,19H,9-11,14-15H2,1-8H3/b18-13-. The summed E-state index contributed by atoms with van der Waals surface area (Å²) in [6.07, 6.45) is 6.48. The number of allylic oxidation sites excluding steroid dienone is 3. The van der Waals surface area contributed by atoms with E-state index >= 15 is 0 Å². The molecule has 1 atom stereocenters. The number of hydrogen-bond acceptors (Lipinski definition) is 2. The lowest BCUT2D eigenvalue weighted by atomic mass is 10.0. The molecule has 0 saturated carbocycles. The van der Waals surface area contributed by atoms with Gasteiger partial charge in [0.15, 0.2) is 0 Å². The van der Waals surface area contributed by atoms with Crippen LogP contribution in [0.4, 0.5) is 0 Å². The van der Waals surface area contributed by atoms with Crippen molar-refractivity contribution in [3.63, 3.8) is 0 Å². The summed E-state index contributed by atoms with van der Waals surface area (Å²) >= 11 is 0. The van der Waals surface area contributed by atoms with E-state index in [9.17, 15) is 5.11 Å². The Kier molecular flexibility index (Phi) is 9.40. The molecule has 1 unspecified atom stereocenters. The Morgan fingerprint density at radius 2 is 1.55 bits per heavy atom. The molecule has 0 aromatic rings. The van der Waals surface area contributed by atoms with E-state index in [-0.39, 0.29) is 5.95 Å². The molecule has 0 rings (SSSR count). The Labute approximate surface area is 140 Å². The summed E-state index contributed by atoms with van der Waals surface area (Å²) in [5.74, 6) is 0.422. The quantitative estimate of drug-likeness (QED) is 0.281. The smallest absolute Gasteiger partial charge is 0.272 e. The van der Waals surface area contributed by atoms with Crippen molar-refractivity contribution >= 4 is 16.1 Å². The Hall–Kier alpha value is -0.486. The molecule has 4 heteroatoms. The number of rotatable bonds is 10. The molecule has 0 aliphatic carbocycles. The Morgan fingerprint density at radius 1 is 1.05 bits per heavy atom. The maximum absolute atomic E-state index is 9.57. The topological polar surface area (TPSA) is 29.5 Å². The fourth-order valence-electron chi connectivity index (χ4n) is 2.64. The van der Waals surface area contributed by atoms with Crippen molar-refractivity contribution < 1.29 is 9.84 Å². The minimum Gasteiger partial charge on any atom is -0.481 e. The molecule has 0 spiro atoms. The van der Waals surface area contributed by atoms with E-state index in [1.807, 2.05) is 13.0 Å². The van der Waals surface area contributed by atoms with E-state index in [4.69, 9.17) is 4.74 Å². The van der Waals surface area contributed by atoms with E-state index in [1.165, 1.54) is 12.1 Å². The molecule has 0 fully saturated rings. The maximum atomic E-state index is 9.57. The summed E-state index contributed by atoms with van der Waals surface area (Å²) in [4.78, 5) is 0. The van der Waals surface area contributed by atoms with Crippen LogP contribution in [-0.2, 0) is 4.74 Å². The first-order valence-electron chi connectivity index (χ1n) is 8.64. The molecule has 1 N–H and O–H groups in total. The second kappa shape index (κ2) is 9.61. The predicted molar refractivity (Wildman–Crippen MR) is 105 cm³/mol. The monoisotopic (exact) mass is 342 g/mol. The number of aliphatic hydroxyl groups excluding tert-OH is 1. The highest BCUT2D eigenvalue weighted by atomic mass is 28.3. The fourth-order valence-corrected chi connectivity index (χ4v) is 6.16. The van der Waals surface area contributed by atoms with Gasteiger partial charge in [0.1, 0.15) is 0 Å². The minimum absolute atomic E-state index is 0.0726. The SMILES string of the molecule is CCO/C(O)=C\C(C)CCC=C(C[Si](C)(C)C)C[Si](C)(C)C. The van der Waals surface area contributed by atoms with Gasteiger partial charge in [0.2, 0.25) is 0 Å². The van der Waals surface area contributed by atoms with Crippen molar-refractivity contribution in [3.8, 4) is 0 Å². The van der Waals surface area contributed by atoms with Crippen LogP contribution in [0.15, 0.2) is 23.7 Å². The molecule has 0 aliphatic rings. The van der Waals surface area contributed by atoms with E-state index in [2.05, 4.69) is 52.3 Å². The van der Waals surface area contributed by atoms with Gasteiger partial charge in [-0.25, -0.2) is 0 Å². The zero-order valence-electron chi connectivity index (χ0n) is 16.1. The van der Waals surface area contributed by atoms with E-state index in [0.29, 0.717) is 12.5 Å². The van der Waals surface area contributed by atoms with Crippen molar-refractivity contribution in [3.05, 3.63) is 23.7 Å². The van der Waals surface area contributed by atoms with Gasteiger partial charge < -0.3 is 9.84 Å². The zero-order valence-corrected chi connectivity index (χ0v) is 18.1. The van der Waals surface area contributed by atoms with Crippen molar-refractivity contribution in [2.24, 2.45) is 5.92 Å². The second-order valence-corrected chi connectivity index (χ2v) is 19.8. The van der Waals surface area contributed by atoms with Crippen LogP contribution in [0.25, 0.3) is 0 Å². The van der Waals surface area contributed by atoms with Crippen LogP contribution in [-0.4, -0.2) is 27.9 Å². The summed E-state index contributed by atoms with van der Waals surface area (Å²) in [7, 11) is -2.10. The first-order valence-corrected chi connectivity index (χ1v) is 16.1. The van der Waals surface area contributed by atoms with Crippen LogP contribution in [0.5, 0.6) is 0 Å². The summed E-state index contributed by atoms with van der Waals surface area (Å²) in [6, 6.07) is 2.65. The fraction of sp³-hybridized carbons (Fsp3) is 0.778. The molecule has 0 radical (unpaired) electrons. The van der Waals surface area contributed by atoms with Gasteiger partial charge in [-0.05, 0) is 43.8 Å². The Morgan fingerprint density at radius 3 is 1.95 bits per heavy atom. The van der Waals surface area contributed by atoms with Gasteiger partial charge in [-0.1, -0.05) is 57.9 Å².